The summed E-state index contributed by atoms with van der Waals surface area (Å²) in [5.74, 6) is -2.57. The summed E-state index contributed by atoms with van der Waals surface area (Å²) >= 11 is 12.3. The van der Waals surface area contributed by atoms with Gasteiger partial charge in [-0.05, 0) is 60.6 Å². The zero-order valence-corrected chi connectivity index (χ0v) is 25.3. The minimum Gasteiger partial charge on any atom is -0.488 e. The zero-order chi connectivity index (χ0) is 30.7. The van der Waals surface area contributed by atoms with Crippen LogP contribution in [0.2, 0.25) is 10.0 Å². The Bertz CT molecular complexity index is 1320. The standard InChI is InChI=1S/C27H33Cl2FN4O7/c1-14(2)40-24-19(29)8-15(11-31-24)22(35)32-33-23(36)17-9-20(30)21(10-18(17)28)38-12-16-13-39-27(6,7)34(16)25(37)41-26(3,4)5/h8-11,14,16H,12-13H2,1-7H3,(H,32,35)(H,33,36). The predicted molar refractivity (Wildman–Crippen MR) is 149 cm³/mol. The Morgan fingerprint density at radius 2 is 1.80 bits per heavy atom. The number of pyridine rings is 1. The second-order valence-electron chi connectivity index (χ2n) is 10.9. The maximum Gasteiger partial charge on any atom is 0.413 e. The number of aromatic nitrogens is 1. The van der Waals surface area contributed by atoms with E-state index < -0.39 is 41.1 Å². The number of carbonyl (C=O) groups excluding carboxylic acids is 3. The first-order valence-electron chi connectivity index (χ1n) is 12.7. The van der Waals surface area contributed by atoms with Gasteiger partial charge in [0.1, 0.15) is 23.0 Å². The molecule has 14 heteroatoms. The first kappa shape index (κ1) is 32.2. The number of hydrogen-bond acceptors (Lipinski definition) is 8. The van der Waals surface area contributed by atoms with Gasteiger partial charge in [0, 0.05) is 12.3 Å². The van der Waals surface area contributed by atoms with Crippen molar-refractivity contribution in [2.45, 2.75) is 71.9 Å². The number of nitrogens with zero attached hydrogens (tertiary/aromatic N) is 2. The number of rotatable bonds is 7. The van der Waals surface area contributed by atoms with Crippen LogP contribution in [0, 0.1) is 5.82 Å². The number of hydrogen-bond donors (Lipinski definition) is 2. The van der Waals surface area contributed by atoms with Crippen molar-refractivity contribution < 1.29 is 37.7 Å². The van der Waals surface area contributed by atoms with Crippen molar-refractivity contribution in [3.05, 3.63) is 51.4 Å². The van der Waals surface area contributed by atoms with Crippen LogP contribution in [0.3, 0.4) is 0 Å². The summed E-state index contributed by atoms with van der Waals surface area (Å²) < 4.78 is 37.2. The molecule has 3 amide bonds. The van der Waals surface area contributed by atoms with Crippen molar-refractivity contribution >= 4 is 41.1 Å². The molecule has 0 saturated carbocycles. The summed E-state index contributed by atoms with van der Waals surface area (Å²) in [6, 6.07) is 2.75. The van der Waals surface area contributed by atoms with Gasteiger partial charge in [-0.15, -0.1) is 0 Å². The molecule has 2 heterocycles. The van der Waals surface area contributed by atoms with E-state index in [1.165, 1.54) is 17.2 Å². The summed E-state index contributed by atoms with van der Waals surface area (Å²) in [6.45, 7) is 12.3. The van der Waals surface area contributed by atoms with Gasteiger partial charge in [0.05, 0.1) is 34.9 Å². The van der Waals surface area contributed by atoms with E-state index in [-0.39, 0.29) is 52.1 Å². The maximum absolute atomic E-state index is 14.9. The first-order valence-corrected chi connectivity index (χ1v) is 13.4. The van der Waals surface area contributed by atoms with E-state index in [0.717, 1.165) is 12.1 Å². The number of amides is 3. The molecule has 1 saturated heterocycles. The highest BCUT2D eigenvalue weighted by Crippen LogP contribution is 2.31. The largest absolute Gasteiger partial charge is 0.488 e. The quantitative estimate of drug-likeness (QED) is 0.410. The fraction of sp³-hybridized carbons (Fsp3) is 0.481. The Morgan fingerprint density at radius 3 is 2.41 bits per heavy atom. The molecule has 224 valence electrons. The number of benzene rings is 1. The minimum absolute atomic E-state index is 0.0481. The van der Waals surface area contributed by atoms with Crippen molar-refractivity contribution in [2.24, 2.45) is 0 Å². The Labute approximate surface area is 247 Å². The highest BCUT2D eigenvalue weighted by atomic mass is 35.5. The minimum atomic E-state index is -0.968. The molecule has 1 aliphatic rings. The molecule has 1 aliphatic heterocycles. The fourth-order valence-electron chi connectivity index (χ4n) is 3.80. The van der Waals surface area contributed by atoms with Gasteiger partial charge < -0.3 is 18.9 Å². The van der Waals surface area contributed by atoms with Gasteiger partial charge >= 0.3 is 6.09 Å². The molecular weight excluding hydrogens is 582 g/mol. The van der Waals surface area contributed by atoms with Crippen LogP contribution < -0.4 is 20.3 Å². The zero-order valence-electron chi connectivity index (χ0n) is 23.8. The van der Waals surface area contributed by atoms with Gasteiger partial charge in [-0.1, -0.05) is 23.2 Å². The average molecular weight is 615 g/mol. The number of hydrazine groups is 1. The molecule has 2 aromatic rings. The third kappa shape index (κ3) is 8.34. The van der Waals surface area contributed by atoms with Crippen molar-refractivity contribution in [2.75, 3.05) is 13.2 Å². The van der Waals surface area contributed by atoms with Crippen LogP contribution in [0.15, 0.2) is 24.4 Å². The summed E-state index contributed by atoms with van der Waals surface area (Å²) in [6.07, 6.45) is 0.459. The van der Waals surface area contributed by atoms with Gasteiger partial charge in [-0.3, -0.25) is 25.3 Å². The predicted octanol–water partition coefficient (Wildman–Crippen LogP) is 5.14. The van der Waals surface area contributed by atoms with Crippen LogP contribution in [-0.2, 0) is 9.47 Å². The van der Waals surface area contributed by atoms with Crippen LogP contribution in [0.5, 0.6) is 11.6 Å². The van der Waals surface area contributed by atoms with Crippen LogP contribution in [-0.4, -0.2) is 64.5 Å². The van der Waals surface area contributed by atoms with Gasteiger partial charge in [-0.25, -0.2) is 14.2 Å². The van der Waals surface area contributed by atoms with Crippen molar-refractivity contribution in [1.29, 1.82) is 0 Å². The second-order valence-corrected chi connectivity index (χ2v) is 11.7. The lowest BCUT2D eigenvalue weighted by Crippen LogP contribution is -2.51. The van der Waals surface area contributed by atoms with Gasteiger partial charge in [0.2, 0.25) is 5.88 Å². The average Bonchev–Trinajstić information content (AvgIpc) is 3.16. The number of ether oxygens (including phenoxy) is 4. The summed E-state index contributed by atoms with van der Waals surface area (Å²) in [7, 11) is 0. The monoisotopic (exact) mass is 614 g/mol. The topological polar surface area (TPSA) is 128 Å². The van der Waals surface area contributed by atoms with Crippen LogP contribution in [0.25, 0.3) is 0 Å². The van der Waals surface area contributed by atoms with E-state index in [0.29, 0.717) is 0 Å². The maximum atomic E-state index is 14.9. The Kier molecular flexibility index (Phi) is 9.94. The molecule has 1 unspecified atom stereocenters. The normalized spacial score (nSPS) is 16.4. The van der Waals surface area contributed by atoms with E-state index >= 15 is 0 Å². The molecule has 0 spiro atoms. The molecule has 1 aromatic carbocycles. The summed E-state index contributed by atoms with van der Waals surface area (Å²) in [5, 5.41) is -0.0274. The fourth-order valence-corrected chi connectivity index (χ4v) is 4.25. The molecular formula is C27H33Cl2FN4O7. The number of halogens is 3. The molecule has 0 bridgehead atoms. The first-order chi connectivity index (χ1) is 19.0. The molecule has 11 nitrogen and oxygen atoms in total. The lowest BCUT2D eigenvalue weighted by molar-refractivity contribution is -0.0637. The van der Waals surface area contributed by atoms with E-state index in [4.69, 9.17) is 42.1 Å². The van der Waals surface area contributed by atoms with Crippen LogP contribution >= 0.6 is 23.2 Å². The van der Waals surface area contributed by atoms with Crippen LogP contribution in [0.1, 0.15) is 69.2 Å². The van der Waals surface area contributed by atoms with Crippen molar-refractivity contribution in [3.63, 3.8) is 0 Å². The highest BCUT2D eigenvalue weighted by molar-refractivity contribution is 6.34. The molecule has 41 heavy (non-hydrogen) atoms. The molecule has 0 radical (unpaired) electrons. The molecule has 0 aliphatic carbocycles. The Hall–Kier alpha value is -3.35. The number of carbonyl (C=O) groups is 3. The smallest absolute Gasteiger partial charge is 0.413 e. The van der Waals surface area contributed by atoms with Gasteiger partial charge in [-0.2, -0.15) is 0 Å². The third-order valence-corrected chi connectivity index (χ3v) is 6.15. The molecule has 3 rings (SSSR count). The van der Waals surface area contributed by atoms with Gasteiger partial charge in [0.25, 0.3) is 11.8 Å². The highest BCUT2D eigenvalue weighted by Gasteiger charge is 2.46. The second kappa shape index (κ2) is 12.7. The van der Waals surface area contributed by atoms with Crippen molar-refractivity contribution in [1.82, 2.24) is 20.7 Å². The van der Waals surface area contributed by atoms with Crippen LogP contribution in [0.4, 0.5) is 9.18 Å². The van der Waals surface area contributed by atoms with E-state index in [1.807, 2.05) is 0 Å². The van der Waals surface area contributed by atoms with Crippen molar-refractivity contribution in [3.8, 4) is 11.6 Å². The SMILES string of the molecule is CC(C)Oc1ncc(C(=O)NNC(=O)c2cc(F)c(OCC3COC(C)(C)N3C(=O)OC(C)(C)C)cc2Cl)cc1Cl. The summed E-state index contributed by atoms with van der Waals surface area (Å²) in [5.41, 5.74) is 2.46. The Morgan fingerprint density at radius 1 is 1.15 bits per heavy atom. The lowest BCUT2D eigenvalue weighted by atomic mass is 10.2. The molecule has 1 aromatic heterocycles. The number of nitrogens with one attached hydrogen (secondary N) is 2. The molecule has 1 atom stereocenters. The Balaban J connectivity index is 1.64. The molecule has 2 N–H and O–H groups in total. The third-order valence-electron chi connectivity index (χ3n) is 5.57. The van der Waals surface area contributed by atoms with E-state index in [1.54, 1.807) is 48.5 Å². The van der Waals surface area contributed by atoms with Gasteiger partial charge in [0.15, 0.2) is 11.6 Å². The molecule has 1 fully saturated rings. The lowest BCUT2D eigenvalue weighted by Gasteiger charge is -2.35. The van der Waals surface area contributed by atoms with E-state index in [9.17, 15) is 18.8 Å². The van der Waals surface area contributed by atoms with E-state index in [2.05, 4.69) is 15.8 Å². The summed E-state index contributed by atoms with van der Waals surface area (Å²) in [4.78, 5) is 43.2.